The molecule has 0 heterocycles. The van der Waals surface area contributed by atoms with Crippen LogP contribution in [-0.2, 0) is 17.9 Å². The molecule has 2 aromatic rings. The van der Waals surface area contributed by atoms with E-state index in [1.807, 2.05) is 31.4 Å². The standard InChI is InChI=1S/C21H25Cl2NO4S/c1-3-27-19-10-15(12-24-18(21(25)26)8-9-29-2)17(23)11-20(19)28-13-14-6-4-5-7-16(14)22/h4-7,10-11,18,24H,3,8-9,12-13H2,1-2H3,(H,25,26). The largest absolute Gasteiger partial charge is 0.490 e. The van der Waals surface area contributed by atoms with Crippen LogP contribution in [0.4, 0.5) is 0 Å². The molecule has 1 atom stereocenters. The molecule has 2 N–H and O–H groups in total. The minimum absolute atomic E-state index is 0.281. The van der Waals surface area contributed by atoms with Gasteiger partial charge in [-0.25, -0.2) is 0 Å². The van der Waals surface area contributed by atoms with Gasteiger partial charge >= 0.3 is 5.97 Å². The Hall–Kier alpha value is -1.60. The number of carbonyl (C=O) groups is 1. The van der Waals surface area contributed by atoms with Crippen LogP contribution in [0.25, 0.3) is 0 Å². The summed E-state index contributed by atoms with van der Waals surface area (Å²) in [4.78, 5) is 11.4. The molecule has 0 amide bonds. The topological polar surface area (TPSA) is 67.8 Å². The Bertz CT molecular complexity index is 819. The average Bonchev–Trinajstić information content (AvgIpc) is 2.69. The van der Waals surface area contributed by atoms with Crippen LogP contribution in [0.1, 0.15) is 24.5 Å². The van der Waals surface area contributed by atoms with Gasteiger partial charge in [0, 0.05) is 28.2 Å². The smallest absolute Gasteiger partial charge is 0.320 e. The molecule has 158 valence electrons. The molecule has 2 rings (SSSR count). The second-order valence-electron chi connectivity index (χ2n) is 6.26. The van der Waals surface area contributed by atoms with Gasteiger partial charge in [0.2, 0.25) is 0 Å². The van der Waals surface area contributed by atoms with E-state index in [-0.39, 0.29) is 6.61 Å². The Morgan fingerprint density at radius 1 is 1.14 bits per heavy atom. The number of thioether (sulfide) groups is 1. The predicted molar refractivity (Wildman–Crippen MR) is 120 cm³/mol. The molecule has 0 bridgehead atoms. The van der Waals surface area contributed by atoms with Crippen LogP contribution in [0.2, 0.25) is 10.0 Å². The molecule has 2 aromatic carbocycles. The normalized spacial score (nSPS) is 11.9. The van der Waals surface area contributed by atoms with Gasteiger partial charge in [0.15, 0.2) is 11.5 Å². The van der Waals surface area contributed by atoms with E-state index in [2.05, 4.69) is 5.32 Å². The number of ether oxygens (including phenoxy) is 2. The maximum absolute atomic E-state index is 11.4. The minimum atomic E-state index is -0.875. The number of hydrogen-bond donors (Lipinski definition) is 2. The zero-order valence-electron chi connectivity index (χ0n) is 16.4. The van der Waals surface area contributed by atoms with Crippen LogP contribution >= 0.6 is 35.0 Å². The van der Waals surface area contributed by atoms with Crippen LogP contribution < -0.4 is 14.8 Å². The predicted octanol–water partition coefficient (Wildman–Crippen LogP) is 5.27. The number of rotatable bonds is 12. The molecular formula is C21H25Cl2NO4S. The van der Waals surface area contributed by atoms with Gasteiger partial charge in [-0.3, -0.25) is 4.79 Å². The molecular weight excluding hydrogens is 433 g/mol. The average molecular weight is 458 g/mol. The molecule has 5 nitrogen and oxygen atoms in total. The van der Waals surface area contributed by atoms with Crippen molar-refractivity contribution in [3.8, 4) is 11.5 Å². The van der Waals surface area contributed by atoms with Gasteiger partial charge in [-0.1, -0.05) is 41.4 Å². The summed E-state index contributed by atoms with van der Waals surface area (Å²) in [7, 11) is 0. The molecule has 0 saturated heterocycles. The van der Waals surface area contributed by atoms with Crippen molar-refractivity contribution in [2.24, 2.45) is 0 Å². The molecule has 0 radical (unpaired) electrons. The summed E-state index contributed by atoms with van der Waals surface area (Å²) in [5, 5.41) is 13.5. The zero-order chi connectivity index (χ0) is 21.2. The molecule has 8 heteroatoms. The zero-order valence-corrected chi connectivity index (χ0v) is 18.7. The SMILES string of the molecule is CCOc1cc(CNC(CCSC)C(=O)O)c(Cl)cc1OCc1ccccc1Cl. The van der Waals surface area contributed by atoms with Gasteiger partial charge in [0.25, 0.3) is 0 Å². The molecule has 29 heavy (non-hydrogen) atoms. The van der Waals surface area contributed by atoms with Crippen LogP contribution in [-0.4, -0.2) is 35.7 Å². The highest BCUT2D eigenvalue weighted by Crippen LogP contribution is 2.34. The third-order valence-electron chi connectivity index (χ3n) is 4.20. The maximum Gasteiger partial charge on any atom is 0.320 e. The summed E-state index contributed by atoms with van der Waals surface area (Å²) in [6.45, 7) is 2.94. The Morgan fingerprint density at radius 3 is 2.52 bits per heavy atom. The maximum atomic E-state index is 11.4. The van der Waals surface area contributed by atoms with Crippen molar-refractivity contribution in [2.45, 2.75) is 32.5 Å². The first-order valence-corrected chi connectivity index (χ1v) is 11.4. The highest BCUT2D eigenvalue weighted by Gasteiger charge is 2.18. The summed E-state index contributed by atoms with van der Waals surface area (Å²) < 4.78 is 11.6. The lowest BCUT2D eigenvalue weighted by Crippen LogP contribution is -2.36. The molecule has 0 spiro atoms. The van der Waals surface area contributed by atoms with Gasteiger partial charge < -0.3 is 19.9 Å². The summed E-state index contributed by atoms with van der Waals surface area (Å²) in [6.07, 6.45) is 2.48. The van der Waals surface area contributed by atoms with Crippen LogP contribution in [0.5, 0.6) is 11.5 Å². The second kappa shape index (κ2) is 12.2. The van der Waals surface area contributed by atoms with E-state index >= 15 is 0 Å². The highest BCUT2D eigenvalue weighted by atomic mass is 35.5. The van der Waals surface area contributed by atoms with E-state index in [4.69, 9.17) is 32.7 Å². The quantitative estimate of drug-likeness (QED) is 0.452. The minimum Gasteiger partial charge on any atom is -0.490 e. The number of aliphatic carboxylic acids is 1. The lowest BCUT2D eigenvalue weighted by molar-refractivity contribution is -0.139. The van der Waals surface area contributed by atoms with E-state index in [1.54, 1.807) is 30.0 Å². The fourth-order valence-corrected chi connectivity index (χ4v) is 3.53. The highest BCUT2D eigenvalue weighted by molar-refractivity contribution is 7.98. The van der Waals surface area contributed by atoms with Gasteiger partial charge in [-0.2, -0.15) is 11.8 Å². The van der Waals surface area contributed by atoms with Crippen LogP contribution in [0.3, 0.4) is 0 Å². The van der Waals surface area contributed by atoms with Crippen molar-refractivity contribution in [3.05, 3.63) is 57.6 Å². The first kappa shape index (κ1) is 23.7. The van der Waals surface area contributed by atoms with Crippen LogP contribution in [0.15, 0.2) is 36.4 Å². The monoisotopic (exact) mass is 457 g/mol. The van der Waals surface area contributed by atoms with E-state index < -0.39 is 12.0 Å². The van der Waals surface area contributed by atoms with Gasteiger partial charge in [0.05, 0.1) is 6.61 Å². The molecule has 0 aromatic heterocycles. The van der Waals surface area contributed by atoms with Crippen molar-refractivity contribution in [1.82, 2.24) is 5.32 Å². The first-order chi connectivity index (χ1) is 14.0. The second-order valence-corrected chi connectivity index (χ2v) is 8.06. The molecule has 0 fully saturated rings. The van der Waals surface area contributed by atoms with Crippen molar-refractivity contribution in [1.29, 1.82) is 0 Å². The van der Waals surface area contributed by atoms with E-state index in [0.29, 0.717) is 41.1 Å². The van der Waals surface area contributed by atoms with E-state index in [1.165, 1.54) is 0 Å². The van der Waals surface area contributed by atoms with Crippen LogP contribution in [0, 0.1) is 0 Å². The number of carboxylic acids is 1. The third-order valence-corrected chi connectivity index (χ3v) is 5.57. The number of carboxylic acid groups (broad SMARTS) is 1. The number of halogens is 2. The van der Waals surface area contributed by atoms with E-state index in [9.17, 15) is 9.90 Å². The summed E-state index contributed by atoms with van der Waals surface area (Å²) in [6, 6.07) is 10.3. The van der Waals surface area contributed by atoms with Crippen molar-refractivity contribution in [2.75, 3.05) is 18.6 Å². The number of benzene rings is 2. The van der Waals surface area contributed by atoms with Crippen molar-refractivity contribution < 1.29 is 19.4 Å². The van der Waals surface area contributed by atoms with Crippen molar-refractivity contribution in [3.63, 3.8) is 0 Å². The Morgan fingerprint density at radius 2 is 1.86 bits per heavy atom. The fourth-order valence-electron chi connectivity index (χ4n) is 2.65. The lowest BCUT2D eigenvalue weighted by Gasteiger charge is -2.17. The third kappa shape index (κ3) is 7.30. The molecule has 0 aliphatic carbocycles. The molecule has 0 aliphatic heterocycles. The molecule has 0 saturated carbocycles. The van der Waals surface area contributed by atoms with Gasteiger partial charge in [-0.05, 0) is 43.0 Å². The molecule has 1 unspecified atom stereocenters. The van der Waals surface area contributed by atoms with Crippen molar-refractivity contribution >= 4 is 40.9 Å². The Labute approximate surface area is 185 Å². The summed E-state index contributed by atoms with van der Waals surface area (Å²) in [5.74, 6) is 0.950. The first-order valence-electron chi connectivity index (χ1n) is 9.22. The molecule has 0 aliphatic rings. The van der Waals surface area contributed by atoms with E-state index in [0.717, 1.165) is 16.9 Å². The number of nitrogens with one attached hydrogen (secondary N) is 1. The lowest BCUT2D eigenvalue weighted by atomic mass is 10.1. The summed E-state index contributed by atoms with van der Waals surface area (Å²) >= 11 is 14.2. The summed E-state index contributed by atoms with van der Waals surface area (Å²) in [5.41, 5.74) is 1.60. The van der Waals surface area contributed by atoms with Gasteiger partial charge in [0.1, 0.15) is 12.6 Å². The number of hydrogen-bond acceptors (Lipinski definition) is 5. The fraction of sp³-hybridized carbons (Fsp3) is 0.381. The van der Waals surface area contributed by atoms with Gasteiger partial charge in [-0.15, -0.1) is 0 Å². The Balaban J connectivity index is 2.13. The Kier molecular flexibility index (Phi) is 9.94.